The first-order chi connectivity index (χ1) is 17.5. The molecule has 2 fully saturated rings. The van der Waals surface area contributed by atoms with E-state index < -0.39 is 10.0 Å². The average molecular weight is 498 g/mol. The van der Waals surface area contributed by atoms with E-state index in [1.54, 1.807) is 42.7 Å². The molecular weight excluding hydrogens is 474 g/mol. The van der Waals surface area contributed by atoms with Crippen LogP contribution < -0.4 is 0 Å². The van der Waals surface area contributed by atoms with E-state index in [1.807, 2.05) is 25.1 Å². The van der Waals surface area contributed by atoms with Gasteiger partial charge in [0.2, 0.25) is 11.8 Å². The van der Waals surface area contributed by atoms with Gasteiger partial charge in [0, 0.05) is 46.4 Å². The van der Waals surface area contributed by atoms with E-state index in [2.05, 4.69) is 15.2 Å². The van der Waals surface area contributed by atoms with E-state index in [1.165, 1.54) is 3.97 Å². The van der Waals surface area contributed by atoms with Crippen LogP contribution in [0.15, 0.2) is 70.2 Å². The molecule has 3 aromatic heterocycles. The predicted molar refractivity (Wildman–Crippen MR) is 134 cm³/mol. The fraction of sp³-hybridized carbons (Fsp3) is 0.259. The largest absolute Gasteiger partial charge is 0.420 e. The summed E-state index contributed by atoms with van der Waals surface area (Å²) in [5, 5.41) is 9.15. The minimum atomic E-state index is -3.85. The van der Waals surface area contributed by atoms with Crippen LogP contribution in [0.2, 0.25) is 0 Å². The van der Waals surface area contributed by atoms with Crippen LogP contribution in [0.25, 0.3) is 33.7 Å². The highest BCUT2D eigenvalue weighted by atomic mass is 32.2. The molecule has 0 unspecified atom stereocenters. The highest BCUT2D eigenvalue weighted by Gasteiger charge is 2.30. The lowest BCUT2D eigenvalue weighted by Crippen LogP contribution is -2.11. The molecule has 0 aliphatic heterocycles. The molecule has 2 aliphatic carbocycles. The van der Waals surface area contributed by atoms with Crippen molar-refractivity contribution in [3.63, 3.8) is 0 Å². The Bertz CT molecular complexity index is 1730. The topological polar surface area (TPSA) is 104 Å². The number of nitrogens with zero attached hydrogens (tertiary/aromatic N) is 5. The molecule has 2 saturated carbocycles. The molecule has 0 atom stereocenters. The van der Waals surface area contributed by atoms with Crippen molar-refractivity contribution in [2.75, 3.05) is 0 Å². The summed E-state index contributed by atoms with van der Waals surface area (Å²) in [5.74, 6) is 2.39. The minimum Gasteiger partial charge on any atom is -0.420 e. The second kappa shape index (κ2) is 7.83. The first-order valence-corrected chi connectivity index (χ1v) is 13.6. The van der Waals surface area contributed by atoms with E-state index in [0.717, 1.165) is 42.5 Å². The van der Waals surface area contributed by atoms with Gasteiger partial charge in [0.25, 0.3) is 10.0 Å². The normalized spacial score (nSPS) is 16.0. The van der Waals surface area contributed by atoms with Crippen molar-refractivity contribution in [3.05, 3.63) is 78.1 Å². The van der Waals surface area contributed by atoms with Crippen molar-refractivity contribution in [1.29, 1.82) is 0 Å². The maximum Gasteiger partial charge on any atom is 0.268 e. The van der Waals surface area contributed by atoms with Crippen molar-refractivity contribution in [3.8, 4) is 22.8 Å². The molecule has 7 rings (SSSR count). The smallest absolute Gasteiger partial charge is 0.268 e. The van der Waals surface area contributed by atoms with Crippen molar-refractivity contribution < 1.29 is 12.8 Å². The monoisotopic (exact) mass is 497 g/mol. The van der Waals surface area contributed by atoms with Gasteiger partial charge in [-0.2, -0.15) is 0 Å². The Labute approximate surface area is 208 Å². The van der Waals surface area contributed by atoms with E-state index in [4.69, 9.17) is 9.40 Å². The lowest BCUT2D eigenvalue weighted by Gasteiger charge is -2.08. The zero-order chi connectivity index (χ0) is 24.4. The Hall–Kier alpha value is -3.85. The van der Waals surface area contributed by atoms with E-state index >= 15 is 0 Å². The predicted octanol–water partition coefficient (Wildman–Crippen LogP) is 5.45. The molecule has 180 valence electrons. The summed E-state index contributed by atoms with van der Waals surface area (Å²) >= 11 is 0. The Balaban J connectivity index is 1.42. The van der Waals surface area contributed by atoms with E-state index in [-0.39, 0.29) is 4.90 Å². The number of hydrogen-bond acceptors (Lipinski definition) is 7. The van der Waals surface area contributed by atoms with Crippen LogP contribution in [0, 0.1) is 6.92 Å². The van der Waals surface area contributed by atoms with E-state index in [0.29, 0.717) is 45.9 Å². The Morgan fingerprint density at radius 3 is 2.47 bits per heavy atom. The molecule has 0 bridgehead atoms. The highest BCUT2D eigenvalue weighted by molar-refractivity contribution is 7.90. The summed E-state index contributed by atoms with van der Waals surface area (Å²) in [6.45, 7) is 1.93. The molecule has 2 aromatic carbocycles. The quantitative estimate of drug-likeness (QED) is 0.307. The molecule has 0 amide bonds. The maximum atomic E-state index is 13.7. The lowest BCUT2D eigenvalue weighted by atomic mass is 10.1. The van der Waals surface area contributed by atoms with Crippen LogP contribution in [0.3, 0.4) is 0 Å². The number of fused-ring (bicyclic) bond motifs is 1. The summed E-state index contributed by atoms with van der Waals surface area (Å²) in [4.78, 5) is 9.54. The van der Waals surface area contributed by atoms with Gasteiger partial charge in [-0.25, -0.2) is 22.4 Å². The number of rotatable bonds is 6. The standard InChI is InChI=1S/C27H23N5O3S/c1-16-2-9-20(10-3-16)36(33,34)32-15-22(25-28-13-12-23(29-25)17-4-5-17)21-14-19(8-11-24(21)32)27-31-30-26(35-27)18-6-7-18/h2-3,8-15,17-18H,4-7H2,1H3. The molecule has 0 radical (unpaired) electrons. The Kier molecular flexibility index (Phi) is 4.66. The van der Waals surface area contributed by atoms with Crippen LogP contribution in [0.4, 0.5) is 0 Å². The molecule has 8 nitrogen and oxygen atoms in total. The summed E-state index contributed by atoms with van der Waals surface area (Å²) in [7, 11) is -3.85. The summed E-state index contributed by atoms with van der Waals surface area (Å²) in [6.07, 6.45) is 7.74. The average Bonchev–Trinajstić information content (AvgIpc) is 3.83. The van der Waals surface area contributed by atoms with Gasteiger partial charge in [-0.15, -0.1) is 10.2 Å². The molecule has 3 heterocycles. The zero-order valence-corrected chi connectivity index (χ0v) is 20.4. The van der Waals surface area contributed by atoms with Crippen molar-refractivity contribution in [2.45, 2.75) is 49.3 Å². The van der Waals surface area contributed by atoms with Gasteiger partial charge in [0.15, 0.2) is 5.82 Å². The highest BCUT2D eigenvalue weighted by Crippen LogP contribution is 2.42. The third-order valence-electron chi connectivity index (χ3n) is 6.88. The van der Waals surface area contributed by atoms with Crippen LogP contribution in [-0.2, 0) is 10.0 Å². The molecule has 5 aromatic rings. The second-order valence-electron chi connectivity index (χ2n) is 9.69. The van der Waals surface area contributed by atoms with Gasteiger partial charge in [0.1, 0.15) is 0 Å². The van der Waals surface area contributed by atoms with Crippen LogP contribution in [0.5, 0.6) is 0 Å². The van der Waals surface area contributed by atoms with Crippen LogP contribution in [-0.4, -0.2) is 32.6 Å². The Morgan fingerprint density at radius 1 is 0.944 bits per heavy atom. The van der Waals surface area contributed by atoms with Crippen molar-refractivity contribution in [1.82, 2.24) is 24.1 Å². The zero-order valence-electron chi connectivity index (χ0n) is 19.6. The van der Waals surface area contributed by atoms with Gasteiger partial charge in [-0.1, -0.05) is 17.7 Å². The second-order valence-corrected chi connectivity index (χ2v) is 11.5. The Morgan fingerprint density at radius 2 is 1.72 bits per heavy atom. The summed E-state index contributed by atoms with van der Waals surface area (Å²) in [5.41, 5.74) is 3.90. The first-order valence-electron chi connectivity index (χ1n) is 12.1. The number of hydrogen-bond donors (Lipinski definition) is 0. The summed E-state index contributed by atoms with van der Waals surface area (Å²) in [6, 6.07) is 14.3. The third kappa shape index (κ3) is 3.62. The van der Waals surface area contributed by atoms with Gasteiger partial charge < -0.3 is 4.42 Å². The third-order valence-corrected chi connectivity index (χ3v) is 8.56. The van der Waals surface area contributed by atoms with Gasteiger partial charge in [0.05, 0.1) is 10.4 Å². The molecule has 2 aliphatic rings. The van der Waals surface area contributed by atoms with Gasteiger partial charge in [-0.05, 0) is 69.0 Å². The van der Waals surface area contributed by atoms with Gasteiger partial charge >= 0.3 is 0 Å². The molecule has 36 heavy (non-hydrogen) atoms. The number of aryl methyl sites for hydroxylation is 1. The minimum absolute atomic E-state index is 0.222. The lowest BCUT2D eigenvalue weighted by molar-refractivity contribution is 0.508. The van der Waals surface area contributed by atoms with Crippen molar-refractivity contribution in [2.24, 2.45) is 0 Å². The maximum absolute atomic E-state index is 13.7. The SMILES string of the molecule is Cc1ccc(S(=O)(=O)n2cc(-c3nccc(C4CC4)n3)c3cc(-c4nnc(C5CC5)o4)ccc32)cc1. The molecule has 0 spiro atoms. The molecular formula is C27H23N5O3S. The first kappa shape index (κ1) is 21.4. The van der Waals surface area contributed by atoms with Crippen LogP contribution >= 0.6 is 0 Å². The van der Waals surface area contributed by atoms with E-state index in [9.17, 15) is 8.42 Å². The number of benzene rings is 2. The fourth-order valence-electron chi connectivity index (χ4n) is 4.49. The summed E-state index contributed by atoms with van der Waals surface area (Å²) < 4.78 is 34.7. The van der Waals surface area contributed by atoms with Gasteiger partial charge in [-0.3, -0.25) is 0 Å². The molecule has 0 saturated heterocycles. The molecule has 0 N–H and O–H groups in total. The number of aromatic nitrogens is 5. The fourth-order valence-corrected chi connectivity index (χ4v) is 5.86. The van der Waals surface area contributed by atoms with Crippen LogP contribution in [0.1, 0.15) is 54.7 Å². The molecule has 9 heteroatoms. The van der Waals surface area contributed by atoms with Crippen molar-refractivity contribution >= 4 is 20.9 Å².